The van der Waals surface area contributed by atoms with Gasteiger partial charge in [-0.2, -0.15) is 0 Å². The highest BCUT2D eigenvalue weighted by atomic mass is 32.1. The first-order valence-corrected chi connectivity index (χ1v) is 10.7. The van der Waals surface area contributed by atoms with Crippen molar-refractivity contribution in [2.24, 2.45) is 4.99 Å². The van der Waals surface area contributed by atoms with Crippen LogP contribution in [0.2, 0.25) is 0 Å². The van der Waals surface area contributed by atoms with Crippen LogP contribution in [0, 0.1) is 0 Å². The maximum atomic E-state index is 12.5. The summed E-state index contributed by atoms with van der Waals surface area (Å²) in [6.45, 7) is 2.04. The second-order valence-electron chi connectivity index (χ2n) is 7.65. The standard InChI is InChI=1S/C20H23N7O3S/c1-12(13-7-5-4-6-8-13)9-15-23-24-19(31-15)22-14(28)10-27-11-21-17-16(27)18(29)26(3)20(30)25(17)2/h4-8,11-12,16-17H,9-10H2,1-3H3,(H,22,24,28). The highest BCUT2D eigenvalue weighted by molar-refractivity contribution is 7.15. The number of imide groups is 1. The predicted octanol–water partition coefficient (Wildman–Crippen LogP) is 1.39. The molecular weight excluding hydrogens is 418 g/mol. The number of rotatable bonds is 6. The number of hydrogen-bond acceptors (Lipinski definition) is 8. The number of amides is 4. The van der Waals surface area contributed by atoms with Gasteiger partial charge in [-0.15, -0.1) is 10.2 Å². The van der Waals surface area contributed by atoms with Crippen LogP contribution >= 0.6 is 11.3 Å². The molecule has 162 valence electrons. The van der Waals surface area contributed by atoms with Gasteiger partial charge in [0.25, 0.3) is 5.91 Å². The summed E-state index contributed by atoms with van der Waals surface area (Å²) >= 11 is 1.33. The molecule has 0 saturated carbocycles. The number of carbonyl (C=O) groups is 3. The lowest BCUT2D eigenvalue weighted by Crippen LogP contribution is -2.64. The summed E-state index contributed by atoms with van der Waals surface area (Å²) in [7, 11) is 3.01. The minimum atomic E-state index is -0.713. The smallest absolute Gasteiger partial charge is 0.328 e. The molecule has 2 aliphatic rings. The Balaban J connectivity index is 1.35. The van der Waals surface area contributed by atoms with Crippen molar-refractivity contribution >= 4 is 40.7 Å². The van der Waals surface area contributed by atoms with Gasteiger partial charge in [0, 0.05) is 20.5 Å². The van der Waals surface area contributed by atoms with Gasteiger partial charge >= 0.3 is 6.03 Å². The third kappa shape index (κ3) is 4.13. The van der Waals surface area contributed by atoms with Crippen molar-refractivity contribution < 1.29 is 14.4 Å². The maximum Gasteiger partial charge on any atom is 0.328 e. The monoisotopic (exact) mass is 441 g/mol. The van der Waals surface area contributed by atoms with E-state index in [2.05, 4.69) is 39.6 Å². The first-order chi connectivity index (χ1) is 14.8. The largest absolute Gasteiger partial charge is 0.338 e. The van der Waals surface area contributed by atoms with Crippen LogP contribution < -0.4 is 5.32 Å². The molecule has 0 spiro atoms. The van der Waals surface area contributed by atoms with Gasteiger partial charge in [-0.05, 0) is 11.5 Å². The summed E-state index contributed by atoms with van der Waals surface area (Å²) in [5.74, 6) is -0.433. The Kier molecular flexibility index (Phi) is 5.68. The Hall–Kier alpha value is -3.34. The fourth-order valence-electron chi connectivity index (χ4n) is 3.71. The third-order valence-corrected chi connectivity index (χ3v) is 6.33. The third-order valence-electron chi connectivity index (χ3n) is 5.47. The van der Waals surface area contributed by atoms with Gasteiger partial charge in [-0.25, -0.2) is 9.79 Å². The molecule has 3 heterocycles. The minimum absolute atomic E-state index is 0.0817. The number of fused-ring (bicyclic) bond motifs is 1. The quantitative estimate of drug-likeness (QED) is 0.725. The van der Waals surface area contributed by atoms with Gasteiger partial charge in [0.15, 0.2) is 12.2 Å². The summed E-state index contributed by atoms with van der Waals surface area (Å²) in [4.78, 5) is 45.4. The molecule has 10 nitrogen and oxygen atoms in total. The Morgan fingerprint density at radius 3 is 2.68 bits per heavy atom. The molecule has 1 saturated heterocycles. The lowest BCUT2D eigenvalue weighted by atomic mass is 9.98. The number of benzene rings is 1. The first-order valence-electron chi connectivity index (χ1n) is 9.85. The Labute approximate surface area is 183 Å². The molecule has 1 aromatic heterocycles. The molecule has 31 heavy (non-hydrogen) atoms. The molecule has 1 aromatic carbocycles. The molecule has 3 atom stereocenters. The van der Waals surface area contributed by atoms with E-state index in [4.69, 9.17) is 0 Å². The van der Waals surface area contributed by atoms with Crippen LogP contribution in [0.15, 0.2) is 35.3 Å². The molecule has 11 heteroatoms. The first kappa shape index (κ1) is 20.9. The van der Waals surface area contributed by atoms with Crippen LogP contribution in [0.1, 0.15) is 23.4 Å². The molecular formula is C20H23N7O3S. The van der Waals surface area contributed by atoms with E-state index in [1.54, 1.807) is 11.9 Å². The van der Waals surface area contributed by atoms with Crippen LogP contribution in [-0.4, -0.2) is 81.9 Å². The van der Waals surface area contributed by atoms with Crippen molar-refractivity contribution in [3.05, 3.63) is 40.9 Å². The van der Waals surface area contributed by atoms with Crippen molar-refractivity contribution in [2.45, 2.75) is 31.5 Å². The Morgan fingerprint density at radius 2 is 1.94 bits per heavy atom. The lowest BCUT2D eigenvalue weighted by Gasteiger charge is -2.39. The zero-order valence-corrected chi connectivity index (χ0v) is 18.2. The van der Waals surface area contributed by atoms with E-state index in [0.717, 1.165) is 16.3 Å². The van der Waals surface area contributed by atoms with Crippen LogP contribution in [-0.2, 0) is 16.0 Å². The normalized spacial score (nSPS) is 21.5. The zero-order chi connectivity index (χ0) is 22.1. The average molecular weight is 442 g/mol. The van der Waals surface area contributed by atoms with Gasteiger partial charge in [-0.1, -0.05) is 48.6 Å². The summed E-state index contributed by atoms with van der Waals surface area (Å²) in [5.41, 5.74) is 1.22. The fourth-order valence-corrected chi connectivity index (χ4v) is 4.60. The predicted molar refractivity (Wildman–Crippen MR) is 116 cm³/mol. The van der Waals surface area contributed by atoms with Gasteiger partial charge < -0.3 is 9.80 Å². The van der Waals surface area contributed by atoms with Gasteiger partial charge in [-0.3, -0.25) is 19.8 Å². The van der Waals surface area contributed by atoms with Crippen molar-refractivity contribution in [1.82, 2.24) is 24.9 Å². The number of hydrogen-bond donors (Lipinski definition) is 1. The van der Waals surface area contributed by atoms with Crippen molar-refractivity contribution in [2.75, 3.05) is 26.0 Å². The molecule has 3 unspecified atom stereocenters. The summed E-state index contributed by atoms with van der Waals surface area (Å²) < 4.78 is 0. The molecule has 4 rings (SSSR count). The number of likely N-dealkylation sites (N-methyl/N-ethyl adjacent to an activating group) is 2. The molecule has 0 radical (unpaired) electrons. The molecule has 2 aliphatic heterocycles. The van der Waals surface area contributed by atoms with E-state index in [1.807, 2.05) is 18.2 Å². The van der Waals surface area contributed by atoms with E-state index in [1.165, 1.54) is 35.2 Å². The highest BCUT2D eigenvalue weighted by Crippen LogP contribution is 2.26. The topological polar surface area (TPSA) is 111 Å². The fraction of sp³-hybridized carbons (Fsp3) is 0.400. The van der Waals surface area contributed by atoms with E-state index in [9.17, 15) is 14.4 Å². The van der Waals surface area contributed by atoms with Crippen molar-refractivity contribution in [3.8, 4) is 0 Å². The minimum Gasteiger partial charge on any atom is -0.338 e. The SMILES string of the molecule is CC(Cc1nnc(NC(=O)CN2C=NC3C2C(=O)N(C)C(=O)N3C)s1)c1ccccc1. The number of aliphatic imine (C=N–C) groups is 1. The summed E-state index contributed by atoms with van der Waals surface area (Å²) in [5, 5.41) is 12.2. The molecule has 0 aliphatic carbocycles. The molecule has 1 fully saturated rings. The second kappa shape index (κ2) is 8.42. The number of aromatic nitrogens is 2. The van der Waals surface area contributed by atoms with Crippen LogP contribution in [0.5, 0.6) is 0 Å². The Bertz CT molecular complexity index is 1020. The Morgan fingerprint density at radius 1 is 1.19 bits per heavy atom. The van der Waals surface area contributed by atoms with E-state index in [0.29, 0.717) is 5.13 Å². The zero-order valence-electron chi connectivity index (χ0n) is 17.4. The lowest BCUT2D eigenvalue weighted by molar-refractivity contribution is -0.136. The molecule has 0 bridgehead atoms. The molecule has 2 aromatic rings. The number of urea groups is 1. The van der Waals surface area contributed by atoms with Crippen LogP contribution in [0.4, 0.5) is 9.93 Å². The van der Waals surface area contributed by atoms with E-state index < -0.39 is 18.2 Å². The molecule has 4 amide bonds. The molecule has 1 N–H and O–H groups in total. The average Bonchev–Trinajstić information content (AvgIpc) is 3.38. The summed E-state index contributed by atoms with van der Waals surface area (Å²) in [6, 6.07) is 9.02. The van der Waals surface area contributed by atoms with Crippen molar-refractivity contribution in [1.29, 1.82) is 0 Å². The number of nitrogens with one attached hydrogen (secondary N) is 1. The van der Waals surface area contributed by atoms with Gasteiger partial charge in [0.1, 0.15) is 5.01 Å². The second-order valence-corrected chi connectivity index (χ2v) is 8.71. The van der Waals surface area contributed by atoms with Gasteiger partial charge in [0.05, 0.1) is 12.9 Å². The maximum absolute atomic E-state index is 12.5. The number of nitrogens with zero attached hydrogens (tertiary/aromatic N) is 6. The number of anilines is 1. The van der Waals surface area contributed by atoms with Gasteiger partial charge in [0.2, 0.25) is 11.0 Å². The number of carbonyl (C=O) groups excluding carboxylic acids is 3. The highest BCUT2D eigenvalue weighted by Gasteiger charge is 2.48. The van der Waals surface area contributed by atoms with Crippen LogP contribution in [0.3, 0.4) is 0 Å². The van der Waals surface area contributed by atoms with Crippen molar-refractivity contribution in [3.63, 3.8) is 0 Å². The summed E-state index contributed by atoms with van der Waals surface area (Å²) in [6.07, 6.45) is 1.54. The van der Waals surface area contributed by atoms with E-state index in [-0.39, 0.29) is 24.3 Å². The van der Waals surface area contributed by atoms with E-state index >= 15 is 0 Å². The van der Waals surface area contributed by atoms with Crippen LogP contribution in [0.25, 0.3) is 0 Å².